The molecule has 2 aromatic heterocycles. The van der Waals surface area contributed by atoms with Gasteiger partial charge in [0, 0.05) is 45.3 Å². The van der Waals surface area contributed by atoms with Crippen molar-refractivity contribution in [1.29, 1.82) is 0 Å². The minimum absolute atomic E-state index is 0.782. The fourth-order valence-corrected chi connectivity index (χ4v) is 8.74. The van der Waals surface area contributed by atoms with Crippen LogP contribution in [0.1, 0.15) is 23.6 Å². The molecule has 0 amide bonds. The molecule has 7 aromatic carbocycles. The molecule has 0 aliphatic carbocycles. The number of para-hydroxylation sites is 2. The SMILES string of the molecule is C=C/C=C\C1=Cc2ccccc2CN1c1cccc(-c2cc(-c3ccc(-c4ccccc4)cc3)c3cc(C/C=C\C=C(/C)n4c5ccccc5c5ccccc54)ccc3n2)c1. The summed E-state index contributed by atoms with van der Waals surface area (Å²) in [6, 6.07) is 63.3. The third kappa shape index (κ3) is 7.43. The summed E-state index contributed by atoms with van der Waals surface area (Å²) in [5.74, 6) is 0. The first-order valence-electron chi connectivity index (χ1n) is 21.0. The van der Waals surface area contributed by atoms with Gasteiger partial charge < -0.3 is 9.47 Å². The molecule has 0 saturated heterocycles. The van der Waals surface area contributed by atoms with Crippen LogP contribution in [0.15, 0.2) is 225 Å². The normalized spacial score (nSPS) is 13.1. The van der Waals surface area contributed by atoms with Crippen LogP contribution in [0.2, 0.25) is 0 Å². The smallest absolute Gasteiger partial charge is 0.0716 e. The molecule has 1 aliphatic heterocycles. The zero-order valence-corrected chi connectivity index (χ0v) is 34.2. The van der Waals surface area contributed by atoms with Gasteiger partial charge >= 0.3 is 0 Å². The number of aromatic nitrogens is 2. The Morgan fingerprint density at radius 3 is 2.10 bits per heavy atom. The number of allylic oxidation sites excluding steroid dienone is 7. The average molecular weight is 784 g/mol. The van der Waals surface area contributed by atoms with Crippen molar-refractivity contribution in [3.8, 4) is 33.5 Å². The number of anilines is 1. The monoisotopic (exact) mass is 783 g/mol. The quantitative estimate of drug-likeness (QED) is 0.129. The second kappa shape index (κ2) is 16.5. The van der Waals surface area contributed by atoms with Crippen molar-refractivity contribution in [2.75, 3.05) is 4.90 Å². The fourth-order valence-electron chi connectivity index (χ4n) is 8.74. The number of fused-ring (bicyclic) bond motifs is 5. The number of nitrogens with zero attached hydrogens (tertiary/aromatic N) is 3. The molecule has 3 heteroatoms. The molecule has 3 nitrogen and oxygen atoms in total. The van der Waals surface area contributed by atoms with Crippen LogP contribution in [-0.4, -0.2) is 9.55 Å². The predicted octanol–water partition coefficient (Wildman–Crippen LogP) is 15.1. The largest absolute Gasteiger partial charge is 0.337 e. The Balaban J connectivity index is 1.01. The first kappa shape index (κ1) is 37.5. The molecule has 0 atom stereocenters. The zero-order valence-electron chi connectivity index (χ0n) is 34.2. The lowest BCUT2D eigenvalue weighted by molar-refractivity contribution is 0.921. The zero-order chi connectivity index (χ0) is 41.1. The van der Waals surface area contributed by atoms with Gasteiger partial charge in [0.1, 0.15) is 0 Å². The first-order chi connectivity index (χ1) is 30.1. The number of pyridine rings is 1. The van der Waals surface area contributed by atoms with E-state index in [0.717, 1.165) is 52.1 Å². The minimum Gasteiger partial charge on any atom is -0.337 e. The molecule has 0 N–H and O–H groups in total. The fraction of sp³-hybridized carbons (Fsp3) is 0.0517. The van der Waals surface area contributed by atoms with E-state index in [1.165, 1.54) is 60.9 Å². The van der Waals surface area contributed by atoms with Crippen LogP contribution in [0.4, 0.5) is 5.69 Å². The molecule has 0 spiro atoms. The molecule has 0 fully saturated rings. The Labute approximate surface area is 357 Å². The molecule has 0 radical (unpaired) electrons. The second-order valence-corrected chi connectivity index (χ2v) is 15.7. The van der Waals surface area contributed by atoms with Gasteiger partial charge in [-0.05, 0) is 113 Å². The van der Waals surface area contributed by atoms with Crippen LogP contribution < -0.4 is 4.90 Å². The lowest BCUT2D eigenvalue weighted by Gasteiger charge is -2.31. The van der Waals surface area contributed by atoms with E-state index in [-0.39, 0.29) is 0 Å². The van der Waals surface area contributed by atoms with Crippen LogP contribution in [0.3, 0.4) is 0 Å². The van der Waals surface area contributed by atoms with E-state index in [9.17, 15) is 0 Å². The Bertz CT molecular complexity index is 3160. The van der Waals surface area contributed by atoms with Gasteiger partial charge in [-0.2, -0.15) is 0 Å². The molecule has 61 heavy (non-hydrogen) atoms. The molecule has 10 rings (SSSR count). The van der Waals surface area contributed by atoms with Gasteiger partial charge in [0.15, 0.2) is 0 Å². The van der Waals surface area contributed by atoms with E-state index in [1.807, 2.05) is 12.2 Å². The summed E-state index contributed by atoms with van der Waals surface area (Å²) in [5, 5.41) is 3.69. The van der Waals surface area contributed by atoms with Crippen molar-refractivity contribution in [1.82, 2.24) is 9.55 Å². The van der Waals surface area contributed by atoms with Gasteiger partial charge in [-0.25, -0.2) is 4.98 Å². The van der Waals surface area contributed by atoms with Crippen molar-refractivity contribution >= 4 is 50.2 Å². The maximum atomic E-state index is 5.34. The predicted molar refractivity (Wildman–Crippen MR) is 260 cm³/mol. The van der Waals surface area contributed by atoms with Crippen LogP contribution in [-0.2, 0) is 13.0 Å². The van der Waals surface area contributed by atoms with Gasteiger partial charge in [0.2, 0.25) is 0 Å². The standard InChI is InChI=1S/C58H45N3/c1-3-4-24-49-37-46-21-10-11-22-48(46)40-60(49)50-25-16-23-47(38-50)56-39-53(45-33-31-44(32-34-45)43-19-6-5-7-20-43)54-36-42(30-35-55(54)59-56)18-9-8-17-41(2)61-57-28-14-12-26-51(57)52-27-13-15-29-58(52)61/h3-17,19-39H,1,18,40H2,2H3/b9-8-,24-4-,41-17+. The summed E-state index contributed by atoms with van der Waals surface area (Å²) < 4.78 is 2.36. The van der Waals surface area contributed by atoms with Crippen LogP contribution in [0, 0.1) is 0 Å². The van der Waals surface area contributed by atoms with Crippen molar-refractivity contribution in [3.63, 3.8) is 0 Å². The Kier molecular flexibility index (Phi) is 10.1. The summed E-state index contributed by atoms with van der Waals surface area (Å²) >= 11 is 0. The van der Waals surface area contributed by atoms with Gasteiger partial charge in [-0.3, -0.25) is 0 Å². The summed E-state index contributed by atoms with van der Waals surface area (Å²) in [7, 11) is 0. The number of rotatable bonds is 10. The summed E-state index contributed by atoms with van der Waals surface area (Å²) in [6.07, 6.45) is 15.7. The lowest BCUT2D eigenvalue weighted by atomic mass is 9.94. The van der Waals surface area contributed by atoms with Gasteiger partial charge in [-0.15, -0.1) is 0 Å². The molecule has 0 unspecified atom stereocenters. The summed E-state index contributed by atoms with van der Waals surface area (Å²) in [4.78, 5) is 7.71. The van der Waals surface area contributed by atoms with Crippen LogP contribution in [0.25, 0.3) is 78.0 Å². The molecule has 0 bridgehead atoms. The highest BCUT2D eigenvalue weighted by molar-refractivity contribution is 6.10. The van der Waals surface area contributed by atoms with E-state index >= 15 is 0 Å². The van der Waals surface area contributed by atoms with E-state index in [2.05, 4.69) is 229 Å². The van der Waals surface area contributed by atoms with Gasteiger partial charge in [-0.1, -0.05) is 164 Å². The van der Waals surface area contributed by atoms with Crippen LogP contribution >= 0.6 is 0 Å². The minimum atomic E-state index is 0.782. The molecule has 3 heterocycles. The summed E-state index contributed by atoms with van der Waals surface area (Å²) in [6.45, 7) is 6.90. The third-order valence-electron chi connectivity index (χ3n) is 11.8. The Morgan fingerprint density at radius 2 is 1.31 bits per heavy atom. The van der Waals surface area contributed by atoms with E-state index in [1.54, 1.807) is 0 Å². The highest BCUT2D eigenvalue weighted by Gasteiger charge is 2.19. The van der Waals surface area contributed by atoms with Gasteiger partial charge in [0.05, 0.1) is 22.2 Å². The topological polar surface area (TPSA) is 21.1 Å². The van der Waals surface area contributed by atoms with Crippen molar-refractivity contribution < 1.29 is 0 Å². The molecule has 9 aromatic rings. The van der Waals surface area contributed by atoms with Gasteiger partial charge in [0.25, 0.3) is 0 Å². The van der Waals surface area contributed by atoms with Crippen molar-refractivity contribution in [3.05, 3.63) is 241 Å². The molecule has 292 valence electrons. The average Bonchev–Trinajstić information content (AvgIpc) is 3.66. The highest BCUT2D eigenvalue weighted by atomic mass is 15.1. The van der Waals surface area contributed by atoms with E-state index in [0.29, 0.717) is 0 Å². The third-order valence-corrected chi connectivity index (χ3v) is 11.8. The molecular weight excluding hydrogens is 739 g/mol. The maximum absolute atomic E-state index is 5.34. The number of hydrogen-bond donors (Lipinski definition) is 0. The maximum Gasteiger partial charge on any atom is 0.0716 e. The molecule has 0 saturated carbocycles. The van der Waals surface area contributed by atoms with E-state index < -0.39 is 0 Å². The summed E-state index contributed by atoms with van der Waals surface area (Å²) in [5.41, 5.74) is 17.4. The van der Waals surface area contributed by atoms with Crippen molar-refractivity contribution in [2.24, 2.45) is 0 Å². The Morgan fingerprint density at radius 1 is 0.623 bits per heavy atom. The molecular formula is C58H45N3. The Hall–Kier alpha value is -7.75. The molecule has 1 aliphatic rings. The van der Waals surface area contributed by atoms with Crippen molar-refractivity contribution in [2.45, 2.75) is 19.9 Å². The van der Waals surface area contributed by atoms with E-state index in [4.69, 9.17) is 4.98 Å². The number of benzene rings is 7. The van der Waals surface area contributed by atoms with Crippen LogP contribution in [0.5, 0.6) is 0 Å². The second-order valence-electron chi connectivity index (χ2n) is 15.7. The first-order valence-corrected chi connectivity index (χ1v) is 21.0. The number of hydrogen-bond acceptors (Lipinski definition) is 2. The highest BCUT2D eigenvalue weighted by Crippen LogP contribution is 2.37. The lowest BCUT2D eigenvalue weighted by Crippen LogP contribution is -2.24.